The molecule has 2 rings (SSSR count). The summed E-state index contributed by atoms with van der Waals surface area (Å²) in [6.07, 6.45) is 1.32. The average molecular weight is 333 g/mol. The first-order chi connectivity index (χ1) is 11.1. The maximum atomic E-state index is 11.9. The number of carbonyl (C=O) groups excluding carboxylic acids is 1. The molecule has 0 unspecified atom stereocenters. The van der Waals surface area contributed by atoms with Crippen molar-refractivity contribution in [2.75, 3.05) is 26.2 Å². The van der Waals surface area contributed by atoms with Crippen LogP contribution < -0.4 is 4.90 Å². The Morgan fingerprint density at radius 3 is 2.48 bits per heavy atom. The smallest absolute Gasteiger partial charge is 0.357 e. The maximum absolute atomic E-state index is 11.9. The van der Waals surface area contributed by atoms with Crippen molar-refractivity contribution in [3.05, 3.63) is 59.4 Å². The number of hydrogen-bond acceptors (Lipinski definition) is 5. The quantitative estimate of drug-likeness (QED) is 0.476. The Labute approximate surface area is 140 Å². The van der Waals surface area contributed by atoms with Crippen LogP contribution in [-0.2, 0) is 14.3 Å². The number of pyridine rings is 1. The van der Waals surface area contributed by atoms with Gasteiger partial charge in [-0.1, -0.05) is 29.8 Å². The van der Waals surface area contributed by atoms with Crippen LogP contribution in [0.5, 0.6) is 0 Å². The minimum Gasteiger partial charge on any atom is -0.502 e. The Morgan fingerprint density at radius 2 is 1.87 bits per heavy atom. The van der Waals surface area contributed by atoms with Crippen molar-refractivity contribution in [3.8, 4) is 11.3 Å². The second-order valence-corrected chi connectivity index (χ2v) is 5.11. The normalized spacial score (nSPS) is 11.0. The van der Waals surface area contributed by atoms with Gasteiger partial charge in [0.25, 0.3) is 0 Å². The van der Waals surface area contributed by atoms with Crippen molar-refractivity contribution < 1.29 is 14.3 Å². The Kier molecular flexibility index (Phi) is 5.60. The molecule has 2 aromatic rings. The van der Waals surface area contributed by atoms with Crippen LogP contribution in [0.2, 0.25) is 5.02 Å². The molecule has 1 heterocycles. The molecule has 0 saturated carbocycles. The zero-order chi connectivity index (χ0) is 16.8. The first-order valence-corrected chi connectivity index (χ1v) is 7.22. The minimum absolute atomic E-state index is 0.246. The van der Waals surface area contributed by atoms with Crippen molar-refractivity contribution in [1.82, 2.24) is 4.98 Å². The summed E-state index contributed by atoms with van der Waals surface area (Å²) in [7, 11) is 4.50. The second kappa shape index (κ2) is 7.65. The van der Waals surface area contributed by atoms with Gasteiger partial charge in [0.05, 0.1) is 19.9 Å². The summed E-state index contributed by atoms with van der Waals surface area (Å²) in [5.41, 5.74) is 1.95. The van der Waals surface area contributed by atoms with Crippen molar-refractivity contribution >= 4 is 23.4 Å². The lowest BCUT2D eigenvalue weighted by atomic mass is 10.1. The zero-order valence-corrected chi connectivity index (χ0v) is 13.9. The van der Waals surface area contributed by atoms with E-state index in [-0.39, 0.29) is 5.70 Å². The van der Waals surface area contributed by atoms with E-state index in [4.69, 9.17) is 21.1 Å². The molecule has 1 aromatic heterocycles. The van der Waals surface area contributed by atoms with E-state index in [2.05, 4.69) is 4.98 Å². The lowest BCUT2D eigenvalue weighted by molar-refractivity contribution is -0.136. The van der Waals surface area contributed by atoms with Crippen LogP contribution in [0, 0.1) is 0 Å². The third kappa shape index (κ3) is 4.02. The summed E-state index contributed by atoms with van der Waals surface area (Å²) < 4.78 is 9.71. The molecule has 5 nitrogen and oxygen atoms in total. The molecule has 23 heavy (non-hydrogen) atoms. The van der Waals surface area contributed by atoms with E-state index in [9.17, 15) is 4.79 Å². The predicted octanol–water partition coefficient (Wildman–Crippen LogP) is 3.50. The number of halogens is 1. The third-order valence-electron chi connectivity index (χ3n) is 3.20. The summed E-state index contributed by atoms with van der Waals surface area (Å²) in [6, 6.07) is 12.9. The highest BCUT2D eigenvalue weighted by molar-refractivity contribution is 6.30. The Bertz CT molecular complexity index is 714. The number of ether oxygens (including phenoxy) is 2. The Hall–Kier alpha value is -2.53. The van der Waals surface area contributed by atoms with E-state index in [1.807, 2.05) is 24.3 Å². The molecule has 0 atom stereocenters. The van der Waals surface area contributed by atoms with Crippen molar-refractivity contribution in [2.24, 2.45) is 0 Å². The molecule has 0 bridgehead atoms. The van der Waals surface area contributed by atoms with Crippen molar-refractivity contribution in [1.29, 1.82) is 0 Å². The third-order valence-corrected chi connectivity index (χ3v) is 3.46. The van der Waals surface area contributed by atoms with Gasteiger partial charge in [-0.25, -0.2) is 9.78 Å². The standard InChI is InChI=1S/C17H17ClN2O3/c1-20(15(11-22-2)17(21)23-3)16-6-4-5-14(19-16)12-7-9-13(18)10-8-12/h4-11H,1-3H3/b15-11-. The van der Waals surface area contributed by atoms with Gasteiger partial charge in [-0.05, 0) is 24.3 Å². The molecule has 0 radical (unpaired) electrons. The van der Waals surface area contributed by atoms with Crippen molar-refractivity contribution in [2.45, 2.75) is 0 Å². The van der Waals surface area contributed by atoms with Crippen molar-refractivity contribution in [3.63, 3.8) is 0 Å². The van der Waals surface area contributed by atoms with Crippen LogP contribution >= 0.6 is 11.6 Å². The molecule has 0 aliphatic rings. The summed E-state index contributed by atoms with van der Waals surface area (Å²) in [6.45, 7) is 0. The number of hydrogen-bond donors (Lipinski definition) is 0. The fraction of sp³-hybridized carbons (Fsp3) is 0.176. The maximum Gasteiger partial charge on any atom is 0.357 e. The van der Waals surface area contributed by atoms with E-state index in [0.29, 0.717) is 10.8 Å². The van der Waals surface area contributed by atoms with E-state index in [1.54, 1.807) is 30.1 Å². The molecular formula is C17H17ClN2O3. The van der Waals surface area contributed by atoms with E-state index in [1.165, 1.54) is 20.5 Å². The fourth-order valence-electron chi connectivity index (χ4n) is 2.00. The van der Waals surface area contributed by atoms with Crippen LogP contribution in [0.4, 0.5) is 5.82 Å². The molecule has 0 amide bonds. The predicted molar refractivity (Wildman–Crippen MR) is 90.2 cm³/mol. The van der Waals surface area contributed by atoms with E-state index >= 15 is 0 Å². The number of carbonyl (C=O) groups is 1. The zero-order valence-electron chi connectivity index (χ0n) is 13.1. The lowest BCUT2D eigenvalue weighted by Gasteiger charge is -2.20. The Morgan fingerprint density at radius 1 is 1.17 bits per heavy atom. The molecule has 0 spiro atoms. The van der Waals surface area contributed by atoms with Gasteiger partial charge >= 0.3 is 5.97 Å². The van der Waals surface area contributed by atoms with E-state index in [0.717, 1.165) is 11.3 Å². The first kappa shape index (κ1) is 16.8. The molecule has 0 aliphatic heterocycles. The summed E-state index contributed by atoms with van der Waals surface area (Å²) in [5, 5.41) is 0.665. The molecular weight excluding hydrogens is 316 g/mol. The van der Waals surface area contributed by atoms with Crippen LogP contribution in [-0.4, -0.2) is 32.2 Å². The fourth-order valence-corrected chi connectivity index (χ4v) is 2.12. The van der Waals surface area contributed by atoms with Gasteiger partial charge in [-0.3, -0.25) is 0 Å². The SMILES string of the molecule is CO/C=C(/C(=O)OC)N(C)c1cccc(-c2ccc(Cl)cc2)n1. The number of rotatable bonds is 5. The van der Waals surface area contributed by atoms with Crippen LogP contribution in [0.3, 0.4) is 0 Å². The number of nitrogens with zero attached hydrogens (tertiary/aromatic N) is 2. The van der Waals surface area contributed by atoms with Gasteiger partial charge in [-0.15, -0.1) is 0 Å². The topological polar surface area (TPSA) is 51.7 Å². The minimum atomic E-state index is -0.506. The van der Waals surface area contributed by atoms with Gasteiger partial charge in [0, 0.05) is 17.6 Å². The number of aromatic nitrogens is 1. The number of anilines is 1. The molecule has 0 fully saturated rings. The molecule has 1 aromatic carbocycles. The lowest BCUT2D eigenvalue weighted by Crippen LogP contribution is -2.25. The number of likely N-dealkylation sites (N-methyl/N-ethyl adjacent to an activating group) is 1. The van der Waals surface area contributed by atoms with E-state index < -0.39 is 5.97 Å². The van der Waals surface area contributed by atoms with Gasteiger partial charge in [0.2, 0.25) is 0 Å². The van der Waals surface area contributed by atoms with Gasteiger partial charge in [0.15, 0.2) is 5.70 Å². The summed E-state index contributed by atoms with van der Waals surface area (Å²) in [4.78, 5) is 18.0. The molecule has 0 saturated heterocycles. The molecule has 6 heteroatoms. The Balaban J connectivity index is 2.36. The monoisotopic (exact) mass is 332 g/mol. The highest BCUT2D eigenvalue weighted by atomic mass is 35.5. The second-order valence-electron chi connectivity index (χ2n) is 4.68. The molecule has 120 valence electrons. The largest absolute Gasteiger partial charge is 0.502 e. The van der Waals surface area contributed by atoms with Gasteiger partial charge in [-0.2, -0.15) is 0 Å². The van der Waals surface area contributed by atoms with Crippen LogP contribution in [0.25, 0.3) is 11.3 Å². The highest BCUT2D eigenvalue weighted by Crippen LogP contribution is 2.23. The van der Waals surface area contributed by atoms with Gasteiger partial charge < -0.3 is 14.4 Å². The average Bonchev–Trinajstić information content (AvgIpc) is 2.59. The number of esters is 1. The number of methoxy groups -OCH3 is 2. The summed E-state index contributed by atoms with van der Waals surface area (Å²) >= 11 is 5.91. The van der Waals surface area contributed by atoms with Gasteiger partial charge in [0.1, 0.15) is 12.1 Å². The highest BCUT2D eigenvalue weighted by Gasteiger charge is 2.18. The summed E-state index contributed by atoms with van der Waals surface area (Å²) in [5.74, 6) is 0.0826. The first-order valence-electron chi connectivity index (χ1n) is 6.85. The van der Waals surface area contributed by atoms with Crippen LogP contribution in [0.15, 0.2) is 54.4 Å². The molecule has 0 aliphatic carbocycles. The molecule has 0 N–H and O–H groups in total. The number of benzene rings is 1. The van der Waals surface area contributed by atoms with Crippen LogP contribution in [0.1, 0.15) is 0 Å².